The lowest BCUT2D eigenvalue weighted by Crippen LogP contribution is -2.51. The van der Waals surface area contributed by atoms with Gasteiger partial charge in [-0.1, -0.05) is 6.42 Å². The fourth-order valence-electron chi connectivity index (χ4n) is 1.72. The van der Waals surface area contributed by atoms with Gasteiger partial charge in [0.05, 0.1) is 12.6 Å². The van der Waals surface area contributed by atoms with Crippen molar-refractivity contribution in [3.05, 3.63) is 0 Å². The van der Waals surface area contributed by atoms with Crippen LogP contribution in [0.15, 0.2) is 0 Å². The molecule has 2 atom stereocenters. The molecule has 5 nitrogen and oxygen atoms in total. The summed E-state index contributed by atoms with van der Waals surface area (Å²) in [4.78, 5) is 23.0. The minimum absolute atomic E-state index is 0.111. The van der Waals surface area contributed by atoms with Gasteiger partial charge in [0.25, 0.3) is 0 Å². The first-order chi connectivity index (χ1) is 7.65. The van der Waals surface area contributed by atoms with Gasteiger partial charge in [0.2, 0.25) is 5.91 Å². The first-order valence-corrected chi connectivity index (χ1v) is 5.85. The van der Waals surface area contributed by atoms with E-state index in [0.29, 0.717) is 6.61 Å². The molecule has 5 heteroatoms. The topological polar surface area (TPSA) is 67.4 Å². The van der Waals surface area contributed by atoms with E-state index in [1.54, 1.807) is 13.8 Å². The first-order valence-electron chi connectivity index (χ1n) is 5.85. The molecule has 1 aliphatic heterocycles. The quantitative estimate of drug-likeness (QED) is 0.674. The number of ether oxygens (including phenoxy) is 1. The summed E-state index contributed by atoms with van der Waals surface area (Å²) in [5.74, 6) is -0.494. The third-order valence-electron chi connectivity index (χ3n) is 2.63. The molecule has 1 heterocycles. The lowest BCUT2D eigenvalue weighted by Gasteiger charge is -2.23. The van der Waals surface area contributed by atoms with Crippen molar-refractivity contribution in [2.45, 2.75) is 45.2 Å². The van der Waals surface area contributed by atoms with E-state index < -0.39 is 6.04 Å². The van der Waals surface area contributed by atoms with Crippen molar-refractivity contribution in [2.24, 2.45) is 0 Å². The Bertz CT molecular complexity index is 250. The van der Waals surface area contributed by atoms with E-state index in [4.69, 9.17) is 4.74 Å². The van der Waals surface area contributed by atoms with Crippen molar-refractivity contribution in [1.29, 1.82) is 0 Å². The number of amides is 1. The van der Waals surface area contributed by atoms with E-state index in [1.165, 1.54) is 0 Å². The molecule has 0 spiro atoms. The van der Waals surface area contributed by atoms with Gasteiger partial charge in [-0.2, -0.15) is 0 Å². The number of hydrogen-bond acceptors (Lipinski definition) is 4. The van der Waals surface area contributed by atoms with E-state index in [-0.39, 0.29) is 17.9 Å². The molecular weight excluding hydrogens is 208 g/mol. The van der Waals surface area contributed by atoms with Gasteiger partial charge in [-0.3, -0.25) is 4.79 Å². The van der Waals surface area contributed by atoms with Gasteiger partial charge in [-0.05, 0) is 33.2 Å². The van der Waals surface area contributed by atoms with Crippen LogP contribution in [0.25, 0.3) is 0 Å². The normalized spacial score (nSPS) is 22.2. The summed E-state index contributed by atoms with van der Waals surface area (Å²) in [6, 6.07) is -0.734. The van der Waals surface area contributed by atoms with E-state index in [0.717, 1.165) is 25.8 Å². The summed E-state index contributed by atoms with van der Waals surface area (Å²) in [5, 5.41) is 5.79. The highest BCUT2D eigenvalue weighted by atomic mass is 16.5. The van der Waals surface area contributed by atoms with Gasteiger partial charge < -0.3 is 15.4 Å². The van der Waals surface area contributed by atoms with E-state index in [9.17, 15) is 9.59 Å². The van der Waals surface area contributed by atoms with Gasteiger partial charge >= 0.3 is 5.97 Å². The number of nitrogens with one attached hydrogen (secondary N) is 2. The standard InChI is InChI=1S/C11H20N2O3/c1-3-16-11(15)8(2)13-10(14)9-6-4-5-7-12-9/h8-9,12H,3-7H2,1-2H3,(H,13,14)/t8?,9-/m1/s1. The van der Waals surface area contributed by atoms with Crippen LogP contribution in [0.4, 0.5) is 0 Å². The second-order valence-corrected chi connectivity index (χ2v) is 3.98. The number of carbonyl (C=O) groups excluding carboxylic acids is 2. The summed E-state index contributed by atoms with van der Waals surface area (Å²) >= 11 is 0. The van der Waals surface area contributed by atoms with Crippen molar-refractivity contribution in [1.82, 2.24) is 10.6 Å². The van der Waals surface area contributed by atoms with Crippen LogP contribution in [-0.2, 0) is 14.3 Å². The van der Waals surface area contributed by atoms with Crippen LogP contribution in [-0.4, -0.2) is 37.1 Å². The van der Waals surface area contributed by atoms with Gasteiger partial charge in [-0.15, -0.1) is 0 Å². The van der Waals surface area contributed by atoms with Crippen LogP contribution < -0.4 is 10.6 Å². The Labute approximate surface area is 95.9 Å². The first kappa shape index (κ1) is 13.0. The fraction of sp³-hybridized carbons (Fsp3) is 0.818. The SMILES string of the molecule is CCOC(=O)C(C)NC(=O)[C@H]1CCCCN1. The number of carbonyl (C=O) groups is 2. The van der Waals surface area contributed by atoms with Crippen molar-refractivity contribution in [3.8, 4) is 0 Å². The third-order valence-corrected chi connectivity index (χ3v) is 2.63. The number of hydrogen-bond donors (Lipinski definition) is 2. The van der Waals surface area contributed by atoms with Crippen molar-refractivity contribution >= 4 is 11.9 Å². The van der Waals surface area contributed by atoms with Gasteiger partial charge in [0.1, 0.15) is 6.04 Å². The number of esters is 1. The average molecular weight is 228 g/mol. The second kappa shape index (κ2) is 6.48. The summed E-state index contributed by atoms with van der Waals surface area (Å²) in [6.07, 6.45) is 3.00. The Morgan fingerprint density at radius 3 is 2.81 bits per heavy atom. The Morgan fingerprint density at radius 2 is 2.25 bits per heavy atom. The molecule has 1 fully saturated rings. The molecule has 0 aromatic carbocycles. The zero-order valence-electron chi connectivity index (χ0n) is 9.91. The second-order valence-electron chi connectivity index (χ2n) is 3.98. The van der Waals surface area contributed by atoms with Gasteiger partial charge in [0.15, 0.2) is 0 Å². The minimum Gasteiger partial charge on any atom is -0.464 e. The van der Waals surface area contributed by atoms with Gasteiger partial charge in [0, 0.05) is 0 Å². The molecule has 2 N–H and O–H groups in total. The van der Waals surface area contributed by atoms with E-state index >= 15 is 0 Å². The molecule has 0 bridgehead atoms. The molecule has 0 aromatic heterocycles. The Kier molecular flexibility index (Phi) is 5.25. The largest absolute Gasteiger partial charge is 0.464 e. The zero-order valence-corrected chi connectivity index (χ0v) is 9.91. The van der Waals surface area contributed by atoms with Crippen LogP contribution in [0.2, 0.25) is 0 Å². The monoisotopic (exact) mass is 228 g/mol. The summed E-state index contributed by atoms with van der Waals surface area (Å²) in [6.45, 7) is 4.58. The maximum Gasteiger partial charge on any atom is 0.328 e. The molecule has 16 heavy (non-hydrogen) atoms. The average Bonchev–Trinajstić information content (AvgIpc) is 2.30. The van der Waals surface area contributed by atoms with Crippen LogP contribution in [0, 0.1) is 0 Å². The molecule has 92 valence electrons. The van der Waals surface area contributed by atoms with Crippen molar-refractivity contribution < 1.29 is 14.3 Å². The predicted octanol–water partition coefficient (Wildman–Crippen LogP) is 0.196. The molecule has 1 aliphatic rings. The highest BCUT2D eigenvalue weighted by Gasteiger charge is 2.24. The van der Waals surface area contributed by atoms with Crippen LogP contribution >= 0.6 is 0 Å². The molecular formula is C11H20N2O3. The molecule has 1 rings (SSSR count). The van der Waals surface area contributed by atoms with E-state index in [2.05, 4.69) is 10.6 Å². The number of rotatable bonds is 4. The summed E-state index contributed by atoms with van der Waals surface area (Å²) in [5.41, 5.74) is 0. The zero-order chi connectivity index (χ0) is 12.0. The Morgan fingerprint density at radius 1 is 1.50 bits per heavy atom. The van der Waals surface area contributed by atoms with Crippen molar-refractivity contribution in [2.75, 3.05) is 13.2 Å². The Balaban J connectivity index is 2.34. The summed E-state index contributed by atoms with van der Waals surface area (Å²) < 4.78 is 4.82. The highest BCUT2D eigenvalue weighted by Crippen LogP contribution is 2.07. The molecule has 1 saturated heterocycles. The summed E-state index contributed by atoms with van der Waals surface area (Å²) in [7, 11) is 0. The molecule has 0 aliphatic carbocycles. The Hall–Kier alpha value is -1.10. The van der Waals surface area contributed by atoms with Crippen molar-refractivity contribution in [3.63, 3.8) is 0 Å². The molecule has 1 unspecified atom stereocenters. The molecule has 0 aromatic rings. The van der Waals surface area contributed by atoms with Gasteiger partial charge in [-0.25, -0.2) is 4.79 Å². The molecule has 1 amide bonds. The minimum atomic E-state index is -0.573. The van der Waals surface area contributed by atoms with Crippen LogP contribution in [0.3, 0.4) is 0 Å². The maximum absolute atomic E-state index is 11.7. The predicted molar refractivity (Wildman–Crippen MR) is 59.9 cm³/mol. The van der Waals surface area contributed by atoms with E-state index in [1.807, 2.05) is 0 Å². The maximum atomic E-state index is 11.7. The lowest BCUT2D eigenvalue weighted by atomic mass is 10.0. The highest BCUT2D eigenvalue weighted by molar-refractivity contribution is 5.87. The molecule has 0 saturated carbocycles. The number of piperidine rings is 1. The lowest BCUT2D eigenvalue weighted by molar-refractivity contribution is -0.147. The fourth-order valence-corrected chi connectivity index (χ4v) is 1.72. The smallest absolute Gasteiger partial charge is 0.328 e. The van der Waals surface area contributed by atoms with Crippen LogP contribution in [0.5, 0.6) is 0 Å². The third kappa shape index (κ3) is 3.81. The molecule has 0 radical (unpaired) electrons. The van der Waals surface area contributed by atoms with Crippen LogP contribution in [0.1, 0.15) is 33.1 Å².